The van der Waals surface area contributed by atoms with Gasteiger partial charge in [-0.25, -0.2) is 4.98 Å². The Kier molecular flexibility index (Phi) is 8.05. The molecular weight excluding hydrogens is 482 g/mol. The molecule has 3 N–H and O–H groups in total. The number of aromatic nitrogens is 2. The summed E-state index contributed by atoms with van der Waals surface area (Å²) in [5.74, 6) is 1.09. The lowest BCUT2D eigenvalue weighted by Gasteiger charge is -2.33. The number of furan rings is 1. The van der Waals surface area contributed by atoms with Crippen molar-refractivity contribution in [3.8, 4) is 0 Å². The fourth-order valence-electron chi connectivity index (χ4n) is 5.25. The lowest BCUT2D eigenvalue weighted by molar-refractivity contribution is -0.132. The van der Waals surface area contributed by atoms with Crippen LogP contribution in [-0.2, 0) is 16.1 Å². The average molecular weight is 518 g/mol. The number of imidazole rings is 1. The fourth-order valence-corrected chi connectivity index (χ4v) is 5.25. The van der Waals surface area contributed by atoms with Gasteiger partial charge in [-0.2, -0.15) is 0 Å². The number of para-hydroxylation sites is 3. The maximum Gasteiger partial charge on any atom is 0.287 e. The first kappa shape index (κ1) is 25.9. The SMILES string of the molecule is COCCCn1c(C2CCCN(C(=O)CC(N)CNC(=O)c3cc4ccccc4o3)C2)nc2ccccc21. The molecule has 0 aliphatic carbocycles. The molecule has 2 aromatic heterocycles. The molecule has 200 valence electrons. The summed E-state index contributed by atoms with van der Waals surface area (Å²) in [7, 11) is 1.71. The highest BCUT2D eigenvalue weighted by atomic mass is 16.5. The molecule has 9 nitrogen and oxygen atoms in total. The highest BCUT2D eigenvalue weighted by Crippen LogP contribution is 2.30. The predicted molar refractivity (Wildman–Crippen MR) is 146 cm³/mol. The molecule has 5 rings (SSSR count). The molecule has 2 atom stereocenters. The van der Waals surface area contributed by atoms with Crippen LogP contribution in [-0.4, -0.2) is 65.7 Å². The number of nitrogens with zero attached hydrogens (tertiary/aromatic N) is 3. The van der Waals surface area contributed by atoms with Gasteiger partial charge in [0.1, 0.15) is 11.4 Å². The number of nitrogens with two attached hydrogens (primary N) is 1. The van der Waals surface area contributed by atoms with E-state index in [1.807, 2.05) is 47.4 Å². The highest BCUT2D eigenvalue weighted by molar-refractivity contribution is 5.96. The van der Waals surface area contributed by atoms with Crippen molar-refractivity contribution in [1.82, 2.24) is 19.8 Å². The second kappa shape index (κ2) is 11.8. The van der Waals surface area contributed by atoms with Gasteiger partial charge in [0.2, 0.25) is 5.91 Å². The molecular formula is C29H35N5O4. The van der Waals surface area contributed by atoms with Gasteiger partial charge in [-0.15, -0.1) is 0 Å². The summed E-state index contributed by atoms with van der Waals surface area (Å²) in [5, 5.41) is 3.66. The van der Waals surface area contributed by atoms with E-state index in [-0.39, 0.29) is 36.5 Å². The quantitative estimate of drug-likeness (QED) is 0.310. The summed E-state index contributed by atoms with van der Waals surface area (Å²) >= 11 is 0. The number of nitrogens with one attached hydrogen (secondary N) is 1. The number of methoxy groups -OCH3 is 1. The Bertz CT molecular complexity index is 1380. The topological polar surface area (TPSA) is 116 Å². The first-order valence-corrected chi connectivity index (χ1v) is 13.3. The van der Waals surface area contributed by atoms with Gasteiger partial charge in [-0.05, 0) is 43.5 Å². The Hall–Kier alpha value is -3.69. The molecule has 4 aromatic rings. The molecule has 2 aromatic carbocycles. The maximum atomic E-state index is 13.2. The zero-order valence-electron chi connectivity index (χ0n) is 21.8. The largest absolute Gasteiger partial charge is 0.451 e. The third kappa shape index (κ3) is 5.74. The van der Waals surface area contributed by atoms with E-state index in [4.69, 9.17) is 19.9 Å². The fraction of sp³-hybridized carbons (Fsp3) is 0.414. The van der Waals surface area contributed by atoms with Crippen molar-refractivity contribution in [3.05, 3.63) is 66.2 Å². The minimum absolute atomic E-state index is 0.00206. The number of ether oxygens (including phenoxy) is 1. The second-order valence-corrected chi connectivity index (χ2v) is 9.96. The third-order valence-corrected chi connectivity index (χ3v) is 7.16. The number of rotatable bonds is 10. The molecule has 1 saturated heterocycles. The number of amides is 2. The normalized spacial score (nSPS) is 16.7. The Labute approximate surface area is 221 Å². The minimum Gasteiger partial charge on any atom is -0.451 e. The van der Waals surface area contributed by atoms with E-state index in [0.29, 0.717) is 25.3 Å². The summed E-state index contributed by atoms with van der Waals surface area (Å²) in [6, 6.07) is 16.8. The number of carbonyl (C=O) groups is 2. The van der Waals surface area contributed by atoms with Crippen molar-refractivity contribution in [2.24, 2.45) is 5.73 Å². The molecule has 0 saturated carbocycles. The summed E-state index contributed by atoms with van der Waals surface area (Å²) in [5.41, 5.74) is 9.00. The Morgan fingerprint density at radius 2 is 2.03 bits per heavy atom. The molecule has 0 bridgehead atoms. The molecule has 2 unspecified atom stereocenters. The van der Waals surface area contributed by atoms with E-state index in [0.717, 1.165) is 48.1 Å². The molecule has 3 heterocycles. The van der Waals surface area contributed by atoms with Gasteiger partial charge < -0.3 is 29.7 Å². The van der Waals surface area contributed by atoms with Crippen LogP contribution in [0.3, 0.4) is 0 Å². The number of piperidine rings is 1. The number of hydrogen-bond acceptors (Lipinski definition) is 6. The lowest BCUT2D eigenvalue weighted by Crippen LogP contribution is -2.45. The van der Waals surface area contributed by atoms with Crippen molar-refractivity contribution in [3.63, 3.8) is 0 Å². The van der Waals surface area contributed by atoms with Crippen LogP contribution in [0.25, 0.3) is 22.0 Å². The van der Waals surface area contributed by atoms with Crippen LogP contribution >= 0.6 is 0 Å². The van der Waals surface area contributed by atoms with Crippen molar-refractivity contribution < 1.29 is 18.7 Å². The Balaban J connectivity index is 1.19. The van der Waals surface area contributed by atoms with E-state index in [1.165, 1.54) is 0 Å². The van der Waals surface area contributed by atoms with Crippen LogP contribution < -0.4 is 11.1 Å². The first-order chi connectivity index (χ1) is 18.5. The van der Waals surface area contributed by atoms with E-state index in [1.54, 1.807) is 13.2 Å². The van der Waals surface area contributed by atoms with Crippen LogP contribution in [0.2, 0.25) is 0 Å². The standard InChI is InChI=1S/C29H35N5O4/c1-37-15-7-14-34-24-11-4-3-10-23(24)32-28(34)21-9-6-13-33(19-21)27(35)17-22(30)18-31-29(36)26-16-20-8-2-5-12-25(20)38-26/h2-5,8,10-12,16,21-22H,6-7,9,13-15,17-19,30H2,1H3,(H,31,36). The van der Waals surface area contributed by atoms with Crippen molar-refractivity contribution in [2.75, 3.05) is 33.4 Å². The molecule has 1 aliphatic rings. The van der Waals surface area contributed by atoms with Crippen LogP contribution in [0, 0.1) is 0 Å². The minimum atomic E-state index is -0.491. The molecule has 0 radical (unpaired) electrons. The Morgan fingerprint density at radius 1 is 1.21 bits per heavy atom. The van der Waals surface area contributed by atoms with Gasteiger partial charge in [0.05, 0.1) is 11.0 Å². The van der Waals surface area contributed by atoms with Gasteiger partial charge in [-0.3, -0.25) is 9.59 Å². The number of hydrogen-bond donors (Lipinski definition) is 2. The zero-order valence-corrected chi connectivity index (χ0v) is 21.8. The first-order valence-electron chi connectivity index (χ1n) is 13.3. The summed E-state index contributed by atoms with van der Waals surface area (Å²) in [4.78, 5) is 32.6. The number of fused-ring (bicyclic) bond motifs is 2. The molecule has 0 spiro atoms. The molecule has 9 heteroatoms. The molecule has 2 amide bonds. The summed E-state index contributed by atoms with van der Waals surface area (Å²) < 4.78 is 13.2. The van der Waals surface area contributed by atoms with Crippen LogP contribution in [0.1, 0.15) is 48.0 Å². The average Bonchev–Trinajstić information content (AvgIpc) is 3.54. The van der Waals surface area contributed by atoms with Gasteiger partial charge in [0, 0.05) is 63.7 Å². The van der Waals surface area contributed by atoms with Crippen molar-refractivity contribution in [1.29, 1.82) is 0 Å². The van der Waals surface area contributed by atoms with E-state index < -0.39 is 6.04 Å². The number of likely N-dealkylation sites (tertiary alicyclic amines) is 1. The lowest BCUT2D eigenvalue weighted by atomic mass is 9.96. The maximum absolute atomic E-state index is 13.2. The zero-order chi connectivity index (χ0) is 26.5. The number of benzene rings is 2. The molecule has 38 heavy (non-hydrogen) atoms. The van der Waals surface area contributed by atoms with Gasteiger partial charge in [-0.1, -0.05) is 30.3 Å². The van der Waals surface area contributed by atoms with Crippen LogP contribution in [0.5, 0.6) is 0 Å². The van der Waals surface area contributed by atoms with Gasteiger partial charge >= 0.3 is 0 Å². The molecule has 1 aliphatic heterocycles. The second-order valence-electron chi connectivity index (χ2n) is 9.96. The van der Waals surface area contributed by atoms with E-state index >= 15 is 0 Å². The smallest absolute Gasteiger partial charge is 0.287 e. The third-order valence-electron chi connectivity index (χ3n) is 7.16. The van der Waals surface area contributed by atoms with Crippen molar-refractivity contribution >= 4 is 33.8 Å². The number of carbonyl (C=O) groups excluding carboxylic acids is 2. The van der Waals surface area contributed by atoms with Gasteiger partial charge in [0.15, 0.2) is 5.76 Å². The van der Waals surface area contributed by atoms with Gasteiger partial charge in [0.25, 0.3) is 5.91 Å². The van der Waals surface area contributed by atoms with Crippen molar-refractivity contribution in [2.45, 2.75) is 44.2 Å². The van der Waals surface area contributed by atoms with Crippen LogP contribution in [0.4, 0.5) is 0 Å². The Morgan fingerprint density at radius 3 is 2.87 bits per heavy atom. The van der Waals surface area contributed by atoms with Crippen LogP contribution in [0.15, 0.2) is 59.0 Å². The van der Waals surface area contributed by atoms with E-state index in [2.05, 4.69) is 16.0 Å². The highest BCUT2D eigenvalue weighted by Gasteiger charge is 2.29. The van der Waals surface area contributed by atoms with E-state index in [9.17, 15) is 9.59 Å². The number of aryl methyl sites for hydroxylation is 1. The summed E-state index contributed by atoms with van der Waals surface area (Å²) in [6.45, 7) is 3.02. The molecule has 1 fully saturated rings. The predicted octanol–water partition coefficient (Wildman–Crippen LogP) is 3.67. The summed E-state index contributed by atoms with van der Waals surface area (Å²) in [6.07, 6.45) is 2.96. The monoisotopic (exact) mass is 517 g/mol.